The second kappa shape index (κ2) is 15.3. The van der Waals surface area contributed by atoms with Crippen LogP contribution in [0.25, 0.3) is 83.5 Å². The van der Waals surface area contributed by atoms with E-state index in [-0.39, 0.29) is 0 Å². The number of pyridine rings is 2. The van der Waals surface area contributed by atoms with Gasteiger partial charge in [0.25, 0.3) is 0 Å². The van der Waals surface area contributed by atoms with Crippen LogP contribution in [0.5, 0.6) is 11.5 Å². The van der Waals surface area contributed by atoms with Crippen LogP contribution < -0.4 is 4.74 Å². The SMILES string of the molecule is Cc1cc(-n2c3[c-]c(Oc4[c-]c(-n5[c](=[Pt])n(-c6c(-c7ccccc7)cccc6-c6ccccc6)c6ccccc65)ccc4)ccc3c3ccccc32)ncc1-c1ccccn1. The van der Waals surface area contributed by atoms with E-state index in [4.69, 9.17) is 9.72 Å². The van der Waals surface area contributed by atoms with Gasteiger partial charge in [0.15, 0.2) is 0 Å². The number of benzene rings is 7. The first-order valence-corrected chi connectivity index (χ1v) is 21.2. The van der Waals surface area contributed by atoms with Gasteiger partial charge < -0.3 is 0 Å². The zero-order valence-corrected chi connectivity index (χ0v) is 35.2. The zero-order chi connectivity index (χ0) is 40.9. The van der Waals surface area contributed by atoms with Crippen molar-refractivity contribution in [1.82, 2.24) is 23.7 Å². The van der Waals surface area contributed by atoms with E-state index < -0.39 is 0 Å². The third-order valence-electron chi connectivity index (χ3n) is 11.2. The molecule has 0 atom stereocenters. The van der Waals surface area contributed by atoms with Crippen molar-refractivity contribution in [3.05, 3.63) is 216 Å². The van der Waals surface area contributed by atoms with Crippen molar-refractivity contribution in [2.75, 3.05) is 0 Å². The molecule has 0 unspecified atom stereocenters. The summed E-state index contributed by atoms with van der Waals surface area (Å²) < 4.78 is 14.5. The smallest absolute Gasteiger partial charge is 0.256 e. The third-order valence-corrected chi connectivity index (χ3v) is 12.2. The Kier molecular flexibility index (Phi) is 9.21. The van der Waals surface area contributed by atoms with Crippen molar-refractivity contribution < 1.29 is 24.1 Å². The van der Waals surface area contributed by atoms with E-state index in [1.807, 2.05) is 48.8 Å². The Morgan fingerprint density at radius 2 is 1.15 bits per heavy atom. The van der Waals surface area contributed by atoms with Gasteiger partial charge in [-0.3, -0.25) is 4.98 Å². The second-order valence-electron chi connectivity index (χ2n) is 14.8. The van der Waals surface area contributed by atoms with Crippen LogP contribution in [0.1, 0.15) is 5.56 Å². The summed E-state index contributed by atoms with van der Waals surface area (Å²) in [6, 6.07) is 70.2. The number of imidazole rings is 1. The summed E-state index contributed by atoms with van der Waals surface area (Å²) in [5.74, 6) is 1.97. The minimum atomic E-state index is 0.582. The molecule has 6 nitrogen and oxygen atoms in total. The number of nitrogens with zero attached hydrogens (tertiary/aromatic N) is 5. The van der Waals surface area contributed by atoms with E-state index in [2.05, 4.69) is 203 Å². The fourth-order valence-electron chi connectivity index (χ4n) is 8.41. The molecule has 0 saturated carbocycles. The summed E-state index contributed by atoms with van der Waals surface area (Å²) in [4.78, 5) is 9.54. The zero-order valence-electron chi connectivity index (χ0n) is 32.9. The Labute approximate surface area is 363 Å². The van der Waals surface area contributed by atoms with Crippen LogP contribution in [0.3, 0.4) is 0 Å². The summed E-state index contributed by atoms with van der Waals surface area (Å²) in [7, 11) is 0. The molecule has 4 heterocycles. The molecule has 7 heteroatoms. The first-order chi connectivity index (χ1) is 30.1. The Morgan fingerprint density at radius 1 is 0.508 bits per heavy atom. The van der Waals surface area contributed by atoms with Crippen LogP contribution in [0, 0.1) is 22.9 Å². The maximum atomic E-state index is 6.66. The second-order valence-corrected chi connectivity index (χ2v) is 15.9. The van der Waals surface area contributed by atoms with Gasteiger partial charge in [0, 0.05) is 18.0 Å². The fraction of sp³-hybridized carbons (Fsp3) is 0.0185. The van der Waals surface area contributed by atoms with Gasteiger partial charge in [0.05, 0.1) is 5.69 Å². The maximum absolute atomic E-state index is 6.66. The molecule has 0 aliphatic rings. The number of hydrogen-bond donors (Lipinski definition) is 0. The van der Waals surface area contributed by atoms with Crippen molar-refractivity contribution in [1.29, 1.82) is 0 Å². The first kappa shape index (κ1) is 36.7. The van der Waals surface area contributed by atoms with Crippen LogP contribution in [0.2, 0.25) is 0 Å². The molecule has 0 aliphatic heterocycles. The minimum absolute atomic E-state index is 0.582. The topological polar surface area (TPSA) is 49.8 Å². The van der Waals surface area contributed by atoms with Gasteiger partial charge in [0.1, 0.15) is 0 Å². The average molecular weight is 965 g/mol. The molecule has 11 aromatic rings. The average Bonchev–Trinajstić information content (AvgIpc) is 3.80. The van der Waals surface area contributed by atoms with Crippen LogP contribution in [-0.4, -0.2) is 23.7 Å². The summed E-state index contributed by atoms with van der Waals surface area (Å²) in [6.07, 6.45) is 3.72. The van der Waals surface area contributed by atoms with Crippen LogP contribution in [-0.2, 0) is 19.4 Å². The number of hydrogen-bond acceptors (Lipinski definition) is 3. The minimum Gasteiger partial charge on any atom is -0.256 e. The molecule has 61 heavy (non-hydrogen) atoms. The fourth-order valence-corrected chi connectivity index (χ4v) is 9.48. The van der Waals surface area contributed by atoms with Gasteiger partial charge in [-0.2, -0.15) is 0 Å². The van der Waals surface area contributed by atoms with Crippen LogP contribution in [0.4, 0.5) is 0 Å². The van der Waals surface area contributed by atoms with Gasteiger partial charge in [-0.15, -0.1) is 0 Å². The molecule has 4 aromatic heterocycles. The van der Waals surface area contributed by atoms with E-state index >= 15 is 0 Å². The van der Waals surface area contributed by atoms with E-state index in [0.717, 1.165) is 92.9 Å². The Bertz CT molecular complexity index is 3420. The molecule has 0 fully saturated rings. The first-order valence-electron chi connectivity index (χ1n) is 20.1. The molecule has 7 aromatic carbocycles. The molecular weight excluding hydrogens is 930 g/mol. The molecule has 0 saturated heterocycles. The van der Waals surface area contributed by atoms with Gasteiger partial charge in [-0.25, -0.2) is 0 Å². The number of aromatic nitrogens is 5. The van der Waals surface area contributed by atoms with Crippen LogP contribution >= 0.6 is 0 Å². The third kappa shape index (κ3) is 6.44. The van der Waals surface area contributed by atoms with Gasteiger partial charge in [-0.05, 0) is 24.6 Å². The summed E-state index contributed by atoms with van der Waals surface area (Å²) >= 11 is 2.46. The molecular formula is C54H35N5OPt-2. The monoisotopic (exact) mass is 964 g/mol. The van der Waals surface area contributed by atoms with Gasteiger partial charge in [0.2, 0.25) is 0 Å². The number of para-hydroxylation sites is 4. The summed E-state index contributed by atoms with van der Waals surface area (Å²) in [5, 5.41) is 2.19. The molecule has 0 amide bonds. The molecule has 294 valence electrons. The molecule has 0 N–H and O–H groups in total. The molecule has 0 radical (unpaired) electrons. The summed E-state index contributed by atoms with van der Waals surface area (Å²) in [6.45, 7) is 2.10. The Hall–Kier alpha value is -7.40. The predicted octanol–water partition coefficient (Wildman–Crippen LogP) is 13.1. The van der Waals surface area contributed by atoms with Gasteiger partial charge >= 0.3 is 294 Å². The molecule has 0 spiro atoms. The van der Waals surface area contributed by atoms with E-state index in [9.17, 15) is 0 Å². The molecule has 0 aliphatic carbocycles. The molecule has 0 bridgehead atoms. The predicted molar refractivity (Wildman–Crippen MR) is 241 cm³/mol. The Morgan fingerprint density at radius 3 is 1.85 bits per heavy atom. The van der Waals surface area contributed by atoms with E-state index in [0.29, 0.717) is 11.5 Å². The summed E-state index contributed by atoms with van der Waals surface area (Å²) in [5.41, 5.74) is 13.6. The Balaban J connectivity index is 1.02. The van der Waals surface area contributed by atoms with E-state index in [1.54, 1.807) is 0 Å². The van der Waals surface area contributed by atoms with Crippen molar-refractivity contribution in [3.63, 3.8) is 0 Å². The van der Waals surface area contributed by atoms with E-state index in [1.165, 1.54) is 0 Å². The number of rotatable bonds is 8. The van der Waals surface area contributed by atoms with Crippen LogP contribution in [0.15, 0.2) is 194 Å². The van der Waals surface area contributed by atoms with Gasteiger partial charge in [-0.1, -0.05) is 18.2 Å². The quantitative estimate of drug-likeness (QED) is 0.143. The number of ether oxygens (including phenoxy) is 1. The van der Waals surface area contributed by atoms with Crippen molar-refractivity contribution in [3.8, 4) is 62.2 Å². The molecule has 11 rings (SSSR count). The van der Waals surface area contributed by atoms with Crippen molar-refractivity contribution in [2.24, 2.45) is 0 Å². The van der Waals surface area contributed by atoms with Crippen molar-refractivity contribution >= 4 is 32.8 Å². The van der Waals surface area contributed by atoms with Crippen molar-refractivity contribution in [2.45, 2.75) is 6.92 Å². The number of fused-ring (bicyclic) bond motifs is 4. The number of aryl methyl sites for hydroxylation is 1. The standard InChI is InChI=1S/C54H35N5O.Pt/c1-37-32-53(56-35-47(37)48-25-12-13-31-55-48)59-49-26-9-8-22-45(49)46-30-29-42(34-52(46)59)60-41-21-14-20-40(33-41)57-36-58(51-28-11-10-27-50(51)57)54-43(38-16-4-2-5-17-38)23-15-24-44(54)39-18-6-3-7-19-39;/h2-32,35H,1H3;/q-2;. The normalized spacial score (nSPS) is 11.5.